The number of piperidine rings is 1. The van der Waals surface area contributed by atoms with Gasteiger partial charge in [0.05, 0.1) is 0 Å². The molecule has 142 valence electrons. The largest absolute Gasteiger partial charge is 0.444 e. The minimum Gasteiger partial charge on any atom is -0.444 e. The second kappa shape index (κ2) is 11.8. The number of likely N-dealkylation sites (tertiary alicyclic amines) is 1. The molecule has 0 aliphatic carbocycles. The summed E-state index contributed by atoms with van der Waals surface area (Å²) in [7, 11) is 0. The lowest BCUT2D eigenvalue weighted by Crippen LogP contribution is -2.44. The third kappa shape index (κ3) is 9.54. The molecule has 0 spiro atoms. The minimum atomic E-state index is -0.440. The SMILES string of the molecule is CCCNC(=NCC1CCCN(C(=O)OC(C)(C)C)C1)NCC.I. The summed E-state index contributed by atoms with van der Waals surface area (Å²) in [6, 6.07) is 0. The lowest BCUT2D eigenvalue weighted by atomic mass is 9.98. The number of carbonyl (C=O) groups is 1. The average Bonchev–Trinajstić information content (AvgIpc) is 2.48. The summed E-state index contributed by atoms with van der Waals surface area (Å²) in [5, 5.41) is 6.56. The predicted octanol–water partition coefficient (Wildman–Crippen LogP) is 3.22. The van der Waals surface area contributed by atoms with Crippen LogP contribution in [0, 0.1) is 5.92 Å². The Bertz CT molecular complexity index is 397. The van der Waals surface area contributed by atoms with Crippen molar-refractivity contribution in [1.29, 1.82) is 0 Å². The molecule has 1 atom stereocenters. The highest BCUT2D eigenvalue weighted by atomic mass is 127. The molecule has 1 aliphatic rings. The van der Waals surface area contributed by atoms with Gasteiger partial charge < -0.3 is 20.3 Å². The standard InChI is InChI=1S/C17H34N4O2.HI/c1-6-10-19-15(18-7-2)20-12-14-9-8-11-21(13-14)16(22)23-17(3,4)5;/h14H,6-13H2,1-5H3,(H2,18,19,20);1H. The molecule has 1 heterocycles. The third-order valence-electron chi connectivity index (χ3n) is 3.56. The molecule has 0 radical (unpaired) electrons. The van der Waals surface area contributed by atoms with Gasteiger partial charge in [0.1, 0.15) is 5.60 Å². The van der Waals surface area contributed by atoms with Gasteiger partial charge in [0.15, 0.2) is 5.96 Å². The Hall–Kier alpha value is -0.730. The number of nitrogens with zero attached hydrogens (tertiary/aromatic N) is 2. The van der Waals surface area contributed by atoms with Crippen LogP contribution >= 0.6 is 24.0 Å². The van der Waals surface area contributed by atoms with Gasteiger partial charge in [-0.05, 0) is 52.9 Å². The number of aliphatic imine (C=N–C) groups is 1. The number of nitrogens with one attached hydrogen (secondary N) is 2. The van der Waals surface area contributed by atoms with Crippen LogP contribution in [0.25, 0.3) is 0 Å². The van der Waals surface area contributed by atoms with E-state index < -0.39 is 5.60 Å². The first kappa shape index (κ1) is 23.3. The normalized spacial score (nSPS) is 18.6. The van der Waals surface area contributed by atoms with Crippen molar-refractivity contribution in [3.8, 4) is 0 Å². The number of hydrogen-bond acceptors (Lipinski definition) is 3. The fraction of sp³-hybridized carbons (Fsp3) is 0.882. The first-order valence-electron chi connectivity index (χ1n) is 8.85. The van der Waals surface area contributed by atoms with Gasteiger partial charge in [-0.3, -0.25) is 4.99 Å². The highest BCUT2D eigenvalue weighted by Crippen LogP contribution is 2.19. The van der Waals surface area contributed by atoms with E-state index >= 15 is 0 Å². The van der Waals surface area contributed by atoms with Crippen molar-refractivity contribution in [2.75, 3.05) is 32.7 Å². The van der Waals surface area contributed by atoms with E-state index in [1.165, 1.54) is 0 Å². The van der Waals surface area contributed by atoms with E-state index in [1.54, 1.807) is 0 Å². The first-order chi connectivity index (χ1) is 10.9. The molecule has 1 rings (SSSR count). The molecule has 24 heavy (non-hydrogen) atoms. The number of halogens is 1. The van der Waals surface area contributed by atoms with Gasteiger partial charge in [-0.1, -0.05) is 6.92 Å². The van der Waals surface area contributed by atoms with Crippen LogP contribution in [0.5, 0.6) is 0 Å². The highest BCUT2D eigenvalue weighted by Gasteiger charge is 2.27. The van der Waals surface area contributed by atoms with Crippen molar-refractivity contribution >= 4 is 36.0 Å². The maximum Gasteiger partial charge on any atom is 0.410 e. The molecule has 0 aromatic heterocycles. The number of rotatable bonds is 5. The van der Waals surface area contributed by atoms with Gasteiger partial charge in [0.25, 0.3) is 0 Å². The number of ether oxygens (including phenoxy) is 1. The van der Waals surface area contributed by atoms with Crippen molar-refractivity contribution < 1.29 is 9.53 Å². The maximum atomic E-state index is 12.2. The van der Waals surface area contributed by atoms with Crippen molar-refractivity contribution in [2.45, 2.75) is 59.5 Å². The Labute approximate surface area is 164 Å². The van der Waals surface area contributed by atoms with Crippen molar-refractivity contribution in [1.82, 2.24) is 15.5 Å². The third-order valence-corrected chi connectivity index (χ3v) is 3.56. The van der Waals surface area contributed by atoms with Crippen molar-refractivity contribution in [2.24, 2.45) is 10.9 Å². The molecule has 0 aromatic rings. The Morgan fingerprint density at radius 2 is 2.00 bits per heavy atom. The number of amides is 1. The van der Waals surface area contributed by atoms with Crippen LogP contribution in [0.3, 0.4) is 0 Å². The first-order valence-corrected chi connectivity index (χ1v) is 8.85. The van der Waals surface area contributed by atoms with Crippen molar-refractivity contribution in [3.05, 3.63) is 0 Å². The Morgan fingerprint density at radius 1 is 1.29 bits per heavy atom. The summed E-state index contributed by atoms with van der Waals surface area (Å²) in [5.74, 6) is 1.26. The average molecular weight is 454 g/mol. The van der Waals surface area contributed by atoms with Gasteiger partial charge >= 0.3 is 6.09 Å². The van der Waals surface area contributed by atoms with E-state index in [0.29, 0.717) is 5.92 Å². The van der Waals surface area contributed by atoms with Crippen LogP contribution in [0.1, 0.15) is 53.9 Å². The van der Waals surface area contributed by atoms with Crippen LogP contribution in [0.4, 0.5) is 4.79 Å². The van der Waals surface area contributed by atoms with Crippen LogP contribution in [0.15, 0.2) is 4.99 Å². The molecule has 0 saturated carbocycles. The van der Waals surface area contributed by atoms with Gasteiger partial charge in [0, 0.05) is 32.7 Å². The second-order valence-electron chi connectivity index (χ2n) is 7.08. The number of carbonyl (C=O) groups excluding carboxylic acids is 1. The van der Waals surface area contributed by atoms with Crippen molar-refractivity contribution in [3.63, 3.8) is 0 Å². The molecule has 1 saturated heterocycles. The van der Waals surface area contributed by atoms with Gasteiger partial charge in [-0.15, -0.1) is 24.0 Å². The molecule has 2 N–H and O–H groups in total. The summed E-state index contributed by atoms with van der Waals surface area (Å²) in [5.41, 5.74) is -0.440. The molecular weight excluding hydrogens is 419 g/mol. The molecule has 0 bridgehead atoms. The lowest BCUT2D eigenvalue weighted by molar-refractivity contribution is 0.0170. The Balaban J connectivity index is 0.00000529. The van der Waals surface area contributed by atoms with Crippen LogP contribution in [-0.2, 0) is 4.74 Å². The molecule has 1 aliphatic heterocycles. The molecule has 0 aromatic carbocycles. The maximum absolute atomic E-state index is 12.2. The summed E-state index contributed by atoms with van der Waals surface area (Å²) < 4.78 is 5.47. The molecular formula is C17H35IN4O2. The zero-order valence-electron chi connectivity index (χ0n) is 15.9. The minimum absolute atomic E-state index is 0. The van der Waals surface area contributed by atoms with Gasteiger partial charge in [-0.25, -0.2) is 4.79 Å². The highest BCUT2D eigenvalue weighted by molar-refractivity contribution is 14.0. The molecule has 1 fully saturated rings. The van der Waals surface area contributed by atoms with E-state index in [4.69, 9.17) is 4.74 Å². The Kier molecular flexibility index (Phi) is 11.4. The molecule has 7 heteroatoms. The number of hydrogen-bond donors (Lipinski definition) is 2. The fourth-order valence-corrected chi connectivity index (χ4v) is 2.51. The van der Waals surface area contributed by atoms with Gasteiger partial charge in [0.2, 0.25) is 0 Å². The monoisotopic (exact) mass is 454 g/mol. The van der Waals surface area contributed by atoms with Crippen LogP contribution in [0.2, 0.25) is 0 Å². The number of guanidine groups is 1. The topological polar surface area (TPSA) is 66.0 Å². The zero-order valence-corrected chi connectivity index (χ0v) is 18.2. The smallest absolute Gasteiger partial charge is 0.410 e. The van der Waals surface area contributed by atoms with E-state index in [9.17, 15) is 4.79 Å². The van der Waals surface area contributed by atoms with Gasteiger partial charge in [-0.2, -0.15) is 0 Å². The quantitative estimate of drug-likeness (QED) is 0.381. The lowest BCUT2D eigenvalue weighted by Gasteiger charge is -2.33. The molecule has 1 unspecified atom stereocenters. The molecule has 1 amide bonds. The zero-order chi connectivity index (χ0) is 17.3. The van der Waals surface area contributed by atoms with E-state index in [0.717, 1.165) is 57.9 Å². The van der Waals surface area contributed by atoms with E-state index in [1.807, 2.05) is 25.7 Å². The van der Waals surface area contributed by atoms with E-state index in [-0.39, 0.29) is 30.1 Å². The molecule has 6 nitrogen and oxygen atoms in total. The fourth-order valence-electron chi connectivity index (χ4n) is 2.51. The predicted molar refractivity (Wildman–Crippen MR) is 110 cm³/mol. The Morgan fingerprint density at radius 3 is 2.58 bits per heavy atom. The second-order valence-corrected chi connectivity index (χ2v) is 7.08. The van der Waals surface area contributed by atoms with E-state index in [2.05, 4.69) is 29.5 Å². The summed E-state index contributed by atoms with van der Waals surface area (Å²) in [4.78, 5) is 18.7. The summed E-state index contributed by atoms with van der Waals surface area (Å²) in [6.07, 6.45) is 2.98. The van der Waals surface area contributed by atoms with Crippen LogP contribution < -0.4 is 10.6 Å². The van der Waals surface area contributed by atoms with Crippen LogP contribution in [-0.4, -0.2) is 55.3 Å². The summed E-state index contributed by atoms with van der Waals surface area (Å²) in [6.45, 7) is 13.9. The summed E-state index contributed by atoms with van der Waals surface area (Å²) >= 11 is 0.